The Kier molecular flexibility index (Phi) is 34.1. The molecule has 1 N–H and O–H groups in total. The normalized spacial score (nSPS) is 9.27. The molecule has 0 unspecified atom stereocenters. The Hall–Kier alpha value is 1.95. The second kappa shape index (κ2) is 29.8. The summed E-state index contributed by atoms with van der Waals surface area (Å²) in [6.45, 7) is 5.91. The average molecular weight is 997 g/mol. The monoisotopic (exact) mass is 992 g/mol. The molecule has 3 aromatic rings. The molecular formula is C28H30Br5F3K2O6. The van der Waals surface area contributed by atoms with Gasteiger partial charge in [-0.25, -0.2) is 13.2 Å². The number of aryl methyl sites for hydroxylation is 3. The second-order valence-corrected chi connectivity index (χ2v) is 12.2. The fourth-order valence-electron chi connectivity index (χ4n) is 2.90. The molecule has 236 valence electrons. The van der Waals surface area contributed by atoms with Crippen molar-refractivity contribution in [1.29, 1.82) is 0 Å². The SMILES string of the molecule is BrCCCBr.Cc1cc(F)cc(Br)c1O.Cc1cc(F)cc(Br)c1OCCCOc1c(C)cc(F)cc1Br.O=CO[O-].[H-].[K+].[K+]. The Morgan fingerprint density at radius 1 is 0.727 bits per heavy atom. The molecule has 0 amide bonds. The third kappa shape index (κ3) is 21.8. The maximum Gasteiger partial charge on any atom is 1.00 e. The minimum atomic E-state index is -0.345. The van der Waals surface area contributed by atoms with Crippen LogP contribution in [0.3, 0.4) is 0 Å². The number of phenolic OH excluding ortho intramolecular Hbond substituents is 1. The van der Waals surface area contributed by atoms with E-state index < -0.39 is 0 Å². The van der Waals surface area contributed by atoms with Crippen LogP contribution in [0.4, 0.5) is 13.2 Å². The van der Waals surface area contributed by atoms with Gasteiger partial charge in [0.05, 0.1) is 26.6 Å². The van der Waals surface area contributed by atoms with Crippen LogP contribution < -0.4 is 118 Å². The van der Waals surface area contributed by atoms with E-state index in [4.69, 9.17) is 24.6 Å². The number of alkyl halides is 2. The summed E-state index contributed by atoms with van der Waals surface area (Å²) in [5.41, 5.74) is 2.00. The average Bonchev–Trinajstić information content (AvgIpc) is 2.90. The molecule has 0 aliphatic carbocycles. The number of hydrogen-bond donors (Lipinski definition) is 1. The Balaban J connectivity index is -0.000000318. The Morgan fingerprint density at radius 3 is 1.34 bits per heavy atom. The van der Waals surface area contributed by atoms with Crippen LogP contribution in [-0.4, -0.2) is 35.5 Å². The standard InChI is InChI=1S/C17H16Br2F2O2.C7H6BrFO.C3H6Br2.CH2O3.2K.H/c1-10-6-12(20)8-14(18)16(10)22-4-3-5-23-17-11(2)7-13(21)9-15(17)19;1-4-2-5(9)3-6(8)7(4)10;4-2-1-3-5;2-1-4-3;;;/h6-9H,3-5H2,1-2H3;2-3,10H,1H3;1-3H2;1,3H;;;/q;;;;2*+1;-1/p-1. The molecule has 0 aliphatic rings. The van der Waals surface area contributed by atoms with Crippen LogP contribution in [0.15, 0.2) is 49.8 Å². The summed E-state index contributed by atoms with van der Waals surface area (Å²) in [6, 6.07) is 8.10. The fraction of sp³-hybridized carbons (Fsp3) is 0.321. The fourth-order valence-corrected chi connectivity index (χ4v) is 6.03. The molecule has 0 bridgehead atoms. The number of carbonyl (C=O) groups is 1. The number of carbonyl (C=O) groups excluding carboxylic acids is 1. The van der Waals surface area contributed by atoms with E-state index in [2.05, 4.69) is 84.5 Å². The molecule has 0 saturated carbocycles. The second-order valence-electron chi connectivity index (χ2n) is 8.09. The van der Waals surface area contributed by atoms with Gasteiger partial charge in [0.25, 0.3) is 6.47 Å². The van der Waals surface area contributed by atoms with Gasteiger partial charge in [-0.05, 0) is 128 Å². The molecule has 0 aliphatic heterocycles. The molecule has 0 saturated heterocycles. The van der Waals surface area contributed by atoms with Gasteiger partial charge in [-0.2, -0.15) is 0 Å². The van der Waals surface area contributed by atoms with Gasteiger partial charge in [-0.1, -0.05) is 31.9 Å². The first-order valence-electron chi connectivity index (χ1n) is 12.0. The number of phenols is 1. The molecule has 0 atom stereocenters. The van der Waals surface area contributed by atoms with Crippen molar-refractivity contribution in [1.82, 2.24) is 0 Å². The molecule has 0 fully saturated rings. The first-order chi connectivity index (χ1) is 19.8. The Morgan fingerprint density at radius 2 is 1.07 bits per heavy atom. The van der Waals surface area contributed by atoms with Crippen molar-refractivity contribution >= 4 is 86.1 Å². The molecule has 3 aromatic carbocycles. The third-order valence-corrected chi connectivity index (χ3v) is 7.60. The van der Waals surface area contributed by atoms with Gasteiger partial charge in [-0.3, -0.25) is 4.79 Å². The van der Waals surface area contributed by atoms with E-state index in [0.29, 0.717) is 50.1 Å². The van der Waals surface area contributed by atoms with Crippen LogP contribution in [0.2, 0.25) is 0 Å². The van der Waals surface area contributed by atoms with Crippen LogP contribution in [0, 0.1) is 38.2 Å². The first-order valence-corrected chi connectivity index (χ1v) is 16.6. The molecule has 44 heavy (non-hydrogen) atoms. The van der Waals surface area contributed by atoms with Crippen molar-refractivity contribution in [3.05, 3.63) is 84.0 Å². The van der Waals surface area contributed by atoms with E-state index in [-0.39, 0.29) is 134 Å². The summed E-state index contributed by atoms with van der Waals surface area (Å²) in [7, 11) is 0. The summed E-state index contributed by atoms with van der Waals surface area (Å²) >= 11 is 16.1. The molecule has 6 nitrogen and oxygen atoms in total. The quantitative estimate of drug-likeness (QED) is 0.0886. The predicted molar refractivity (Wildman–Crippen MR) is 174 cm³/mol. The van der Waals surface area contributed by atoms with Gasteiger partial charge in [-0.15, -0.1) is 0 Å². The zero-order chi connectivity index (χ0) is 32.2. The first kappa shape index (κ1) is 50.3. The van der Waals surface area contributed by atoms with E-state index >= 15 is 0 Å². The molecule has 0 spiro atoms. The Bertz CT molecular complexity index is 1140. The van der Waals surface area contributed by atoms with Crippen molar-refractivity contribution in [3.8, 4) is 17.2 Å². The van der Waals surface area contributed by atoms with Gasteiger partial charge >= 0.3 is 103 Å². The number of ether oxygens (including phenoxy) is 2. The van der Waals surface area contributed by atoms with Crippen LogP contribution >= 0.6 is 79.6 Å². The van der Waals surface area contributed by atoms with Crippen LogP contribution in [-0.2, 0) is 9.68 Å². The smallest absolute Gasteiger partial charge is 1.00 e. The molecule has 3 rings (SSSR count). The minimum Gasteiger partial charge on any atom is -1.00 e. The zero-order valence-electron chi connectivity index (χ0n) is 25.8. The van der Waals surface area contributed by atoms with Crippen molar-refractivity contribution < 1.29 is 147 Å². The van der Waals surface area contributed by atoms with Crippen molar-refractivity contribution in [2.75, 3.05) is 23.9 Å². The van der Waals surface area contributed by atoms with Crippen LogP contribution in [0.1, 0.15) is 31.0 Å². The third-order valence-electron chi connectivity index (χ3n) is 4.69. The summed E-state index contributed by atoms with van der Waals surface area (Å²) in [5, 5.41) is 19.8. The van der Waals surface area contributed by atoms with Crippen molar-refractivity contribution in [3.63, 3.8) is 0 Å². The van der Waals surface area contributed by atoms with E-state index in [9.17, 15) is 13.2 Å². The number of benzene rings is 3. The number of aromatic hydroxyl groups is 1. The van der Waals surface area contributed by atoms with Crippen LogP contribution in [0.25, 0.3) is 0 Å². The number of hydrogen-bond acceptors (Lipinski definition) is 6. The van der Waals surface area contributed by atoms with E-state index in [0.717, 1.165) is 21.8 Å². The molecule has 0 heterocycles. The number of halogens is 8. The predicted octanol–water partition coefficient (Wildman–Crippen LogP) is 3.28. The summed E-state index contributed by atoms with van der Waals surface area (Å²) in [5.74, 6) is 0.406. The van der Waals surface area contributed by atoms with E-state index in [1.165, 1.54) is 42.8 Å². The molecule has 16 heteroatoms. The van der Waals surface area contributed by atoms with Gasteiger partial charge in [0.15, 0.2) is 0 Å². The van der Waals surface area contributed by atoms with Crippen molar-refractivity contribution in [2.24, 2.45) is 0 Å². The molecule has 0 aromatic heterocycles. The van der Waals surface area contributed by atoms with Crippen LogP contribution in [0.5, 0.6) is 17.2 Å². The summed E-state index contributed by atoms with van der Waals surface area (Å²) in [6.07, 6.45) is 1.87. The maximum absolute atomic E-state index is 13.2. The van der Waals surface area contributed by atoms with Gasteiger partial charge in [0.2, 0.25) is 0 Å². The largest absolute Gasteiger partial charge is 1.00 e. The zero-order valence-corrected chi connectivity index (χ0v) is 39.0. The van der Waals surface area contributed by atoms with Gasteiger partial charge < -0.3 is 26.2 Å². The Labute approximate surface area is 384 Å². The van der Waals surface area contributed by atoms with E-state index in [1.807, 2.05) is 0 Å². The van der Waals surface area contributed by atoms with Gasteiger partial charge in [0.1, 0.15) is 34.7 Å². The molecular weight excluding hydrogens is 967 g/mol. The molecule has 0 radical (unpaired) electrons. The maximum atomic E-state index is 13.2. The minimum absolute atomic E-state index is 0. The topological polar surface area (TPSA) is 88.0 Å². The van der Waals surface area contributed by atoms with Crippen molar-refractivity contribution in [2.45, 2.75) is 33.6 Å². The van der Waals surface area contributed by atoms with Gasteiger partial charge in [0, 0.05) is 17.1 Å². The summed E-state index contributed by atoms with van der Waals surface area (Å²) in [4.78, 5) is 11.2. The number of rotatable bonds is 9. The summed E-state index contributed by atoms with van der Waals surface area (Å²) < 4.78 is 51.8. The van der Waals surface area contributed by atoms with E-state index in [1.54, 1.807) is 20.8 Å².